The van der Waals surface area contributed by atoms with Crippen LogP contribution in [0.15, 0.2) is 49.2 Å². The zero-order valence-electron chi connectivity index (χ0n) is 13.6. The van der Waals surface area contributed by atoms with Crippen LogP contribution in [0, 0.1) is 11.9 Å². The molecule has 4 heterocycles. The first-order chi connectivity index (χ1) is 12.7. The minimum atomic E-state index is -0.554. The van der Waals surface area contributed by atoms with Crippen LogP contribution in [0.4, 0.5) is 14.6 Å². The summed E-state index contributed by atoms with van der Waals surface area (Å²) in [6, 6.07) is 6.37. The fourth-order valence-corrected chi connectivity index (χ4v) is 2.70. The molecule has 6 nitrogen and oxygen atoms in total. The Labute approximate surface area is 147 Å². The molecular formula is C18H14F2N6. The number of aromatic nitrogens is 5. The number of rotatable bonds is 5. The molecular weight excluding hydrogens is 338 g/mol. The second-order valence-electron chi connectivity index (χ2n) is 5.76. The van der Waals surface area contributed by atoms with Crippen LogP contribution in [0.5, 0.6) is 0 Å². The zero-order chi connectivity index (χ0) is 17.9. The van der Waals surface area contributed by atoms with Crippen molar-refractivity contribution in [2.24, 2.45) is 0 Å². The van der Waals surface area contributed by atoms with Gasteiger partial charge in [-0.25, -0.2) is 19.9 Å². The molecule has 26 heavy (non-hydrogen) atoms. The number of halogens is 2. The highest BCUT2D eigenvalue weighted by molar-refractivity contribution is 5.78. The van der Waals surface area contributed by atoms with Gasteiger partial charge < -0.3 is 10.3 Å². The van der Waals surface area contributed by atoms with Gasteiger partial charge in [0.05, 0.1) is 0 Å². The Bertz CT molecular complexity index is 1060. The molecule has 0 bridgehead atoms. The molecule has 0 atom stereocenters. The number of fused-ring (bicyclic) bond motifs is 1. The number of nitrogens with one attached hydrogen (secondary N) is 2. The first-order valence-electron chi connectivity index (χ1n) is 7.95. The number of anilines is 1. The van der Waals surface area contributed by atoms with E-state index in [4.69, 9.17) is 0 Å². The molecule has 0 amide bonds. The third-order valence-corrected chi connectivity index (χ3v) is 4.01. The van der Waals surface area contributed by atoms with Gasteiger partial charge in [-0.3, -0.25) is 0 Å². The lowest BCUT2D eigenvalue weighted by molar-refractivity contribution is 0.571. The average molecular weight is 352 g/mol. The first kappa shape index (κ1) is 16.1. The topological polar surface area (TPSA) is 79.4 Å². The lowest BCUT2D eigenvalue weighted by Gasteiger charge is -2.08. The molecule has 4 aromatic rings. The summed E-state index contributed by atoms with van der Waals surface area (Å²) in [6.45, 7) is 0.324. The van der Waals surface area contributed by atoms with E-state index in [2.05, 4.69) is 30.2 Å². The SMILES string of the molecule is Fc1cc(CNc2ccc(Cc3c[nH]c4ncncc34)c(F)n2)ccn1. The van der Waals surface area contributed by atoms with Crippen LogP contribution in [-0.4, -0.2) is 24.9 Å². The summed E-state index contributed by atoms with van der Waals surface area (Å²) in [4.78, 5) is 18.6. The van der Waals surface area contributed by atoms with E-state index in [0.29, 0.717) is 35.6 Å². The number of hydrogen-bond donors (Lipinski definition) is 2. The van der Waals surface area contributed by atoms with E-state index < -0.39 is 11.9 Å². The van der Waals surface area contributed by atoms with Crippen molar-refractivity contribution in [3.8, 4) is 0 Å². The van der Waals surface area contributed by atoms with Crippen LogP contribution < -0.4 is 5.32 Å². The molecule has 8 heteroatoms. The second-order valence-corrected chi connectivity index (χ2v) is 5.76. The summed E-state index contributed by atoms with van der Waals surface area (Å²) >= 11 is 0. The largest absolute Gasteiger partial charge is 0.366 e. The summed E-state index contributed by atoms with van der Waals surface area (Å²) in [6.07, 6.45) is 6.71. The lowest BCUT2D eigenvalue weighted by Crippen LogP contribution is -2.04. The van der Waals surface area contributed by atoms with Crippen molar-refractivity contribution in [3.05, 3.63) is 77.8 Å². The maximum atomic E-state index is 14.4. The Balaban J connectivity index is 1.49. The molecule has 0 aliphatic heterocycles. The molecule has 0 radical (unpaired) electrons. The van der Waals surface area contributed by atoms with Crippen molar-refractivity contribution >= 4 is 16.9 Å². The third-order valence-electron chi connectivity index (χ3n) is 4.01. The maximum absolute atomic E-state index is 14.4. The van der Waals surface area contributed by atoms with E-state index >= 15 is 0 Å². The number of H-pyrrole nitrogens is 1. The molecule has 0 saturated heterocycles. The maximum Gasteiger partial charge on any atom is 0.218 e. The van der Waals surface area contributed by atoms with Gasteiger partial charge in [0.25, 0.3) is 0 Å². The standard InChI is InChI=1S/C18H14F2N6/c19-15-5-11(3-4-22-15)7-23-16-2-1-12(17(20)26-16)6-13-8-24-18-14(13)9-21-10-25-18/h1-5,8-10H,6-7H2,(H,23,26)(H,21,24,25). The monoisotopic (exact) mass is 352 g/mol. The summed E-state index contributed by atoms with van der Waals surface area (Å²) in [7, 11) is 0. The lowest BCUT2D eigenvalue weighted by atomic mass is 10.1. The van der Waals surface area contributed by atoms with Crippen LogP contribution in [0.1, 0.15) is 16.7 Å². The minimum absolute atomic E-state index is 0.324. The summed E-state index contributed by atoms with van der Waals surface area (Å²) in [5.41, 5.74) is 2.78. The van der Waals surface area contributed by atoms with Gasteiger partial charge in [0, 0.05) is 42.5 Å². The molecule has 0 unspecified atom stereocenters. The van der Waals surface area contributed by atoms with Gasteiger partial charge in [-0.2, -0.15) is 8.78 Å². The molecule has 2 N–H and O–H groups in total. The molecule has 0 saturated carbocycles. The summed E-state index contributed by atoms with van der Waals surface area (Å²) < 4.78 is 27.4. The smallest absolute Gasteiger partial charge is 0.218 e. The van der Waals surface area contributed by atoms with Gasteiger partial charge in [0.1, 0.15) is 17.8 Å². The van der Waals surface area contributed by atoms with Crippen LogP contribution in [0.2, 0.25) is 0 Å². The Morgan fingerprint density at radius 2 is 2.00 bits per heavy atom. The van der Waals surface area contributed by atoms with E-state index in [9.17, 15) is 8.78 Å². The quantitative estimate of drug-likeness (QED) is 0.539. The Morgan fingerprint density at radius 1 is 1.08 bits per heavy atom. The number of hydrogen-bond acceptors (Lipinski definition) is 5. The van der Waals surface area contributed by atoms with Gasteiger partial charge in [-0.15, -0.1) is 0 Å². The van der Waals surface area contributed by atoms with Gasteiger partial charge >= 0.3 is 0 Å². The van der Waals surface area contributed by atoms with E-state index in [0.717, 1.165) is 10.9 Å². The van der Waals surface area contributed by atoms with Crippen molar-refractivity contribution < 1.29 is 8.78 Å². The molecule has 0 aliphatic carbocycles. The van der Waals surface area contributed by atoms with Crippen LogP contribution >= 0.6 is 0 Å². The minimum Gasteiger partial charge on any atom is -0.366 e. The highest BCUT2D eigenvalue weighted by atomic mass is 19.1. The Morgan fingerprint density at radius 3 is 2.85 bits per heavy atom. The summed E-state index contributed by atoms with van der Waals surface area (Å²) in [5.74, 6) is -0.727. The third kappa shape index (κ3) is 3.34. The first-order valence-corrected chi connectivity index (χ1v) is 7.95. The van der Waals surface area contributed by atoms with Crippen LogP contribution in [0.25, 0.3) is 11.0 Å². The molecule has 130 valence electrons. The number of aromatic amines is 1. The van der Waals surface area contributed by atoms with Crippen molar-refractivity contribution in [1.82, 2.24) is 24.9 Å². The van der Waals surface area contributed by atoms with Crippen LogP contribution in [-0.2, 0) is 13.0 Å². The van der Waals surface area contributed by atoms with Gasteiger partial charge in [0.2, 0.25) is 11.9 Å². The highest BCUT2D eigenvalue weighted by Crippen LogP contribution is 2.20. The number of nitrogens with zero attached hydrogens (tertiary/aromatic N) is 4. The molecule has 0 fully saturated rings. The predicted molar refractivity (Wildman–Crippen MR) is 92.4 cm³/mol. The second kappa shape index (κ2) is 6.83. The number of pyridine rings is 2. The van der Waals surface area contributed by atoms with Crippen molar-refractivity contribution in [3.63, 3.8) is 0 Å². The summed E-state index contributed by atoms with van der Waals surface area (Å²) in [5, 5.41) is 3.83. The van der Waals surface area contributed by atoms with Gasteiger partial charge in [0.15, 0.2) is 0 Å². The van der Waals surface area contributed by atoms with Crippen molar-refractivity contribution in [2.75, 3.05) is 5.32 Å². The highest BCUT2D eigenvalue weighted by Gasteiger charge is 2.10. The van der Waals surface area contributed by atoms with Gasteiger partial charge in [-0.1, -0.05) is 6.07 Å². The van der Waals surface area contributed by atoms with Crippen LogP contribution in [0.3, 0.4) is 0 Å². The molecule has 0 aromatic carbocycles. The normalized spacial score (nSPS) is 11.0. The van der Waals surface area contributed by atoms with E-state index in [1.807, 2.05) is 0 Å². The molecule has 0 spiro atoms. The Hall–Kier alpha value is -3.42. The van der Waals surface area contributed by atoms with E-state index in [-0.39, 0.29) is 0 Å². The Kier molecular flexibility index (Phi) is 4.22. The molecule has 4 rings (SSSR count). The molecule has 0 aliphatic rings. The van der Waals surface area contributed by atoms with E-state index in [1.54, 1.807) is 30.6 Å². The predicted octanol–water partition coefficient (Wildman–Crippen LogP) is 3.23. The zero-order valence-corrected chi connectivity index (χ0v) is 13.6. The van der Waals surface area contributed by atoms with Crippen molar-refractivity contribution in [1.29, 1.82) is 0 Å². The van der Waals surface area contributed by atoms with Gasteiger partial charge in [-0.05, 0) is 29.3 Å². The average Bonchev–Trinajstić information content (AvgIpc) is 3.05. The van der Waals surface area contributed by atoms with E-state index in [1.165, 1.54) is 18.6 Å². The fraction of sp³-hybridized carbons (Fsp3) is 0.111. The fourth-order valence-electron chi connectivity index (χ4n) is 2.70. The van der Waals surface area contributed by atoms with Crippen molar-refractivity contribution in [2.45, 2.75) is 13.0 Å². The molecule has 4 aromatic heterocycles.